The Balaban J connectivity index is 1.62. The summed E-state index contributed by atoms with van der Waals surface area (Å²) < 4.78 is 2.30. The van der Waals surface area contributed by atoms with Crippen LogP contribution in [-0.4, -0.2) is 40.1 Å². The molecule has 1 aliphatic heterocycles. The lowest BCUT2D eigenvalue weighted by Gasteiger charge is -2.38. The minimum absolute atomic E-state index is 0.499. The molecule has 2 aliphatic rings. The summed E-state index contributed by atoms with van der Waals surface area (Å²) in [6.07, 6.45) is 9.63. The van der Waals surface area contributed by atoms with Crippen molar-refractivity contribution in [2.45, 2.75) is 58.7 Å². The first kappa shape index (κ1) is 14.1. The predicted molar refractivity (Wildman–Crippen MR) is 81.5 cm³/mol. The molecule has 20 heavy (non-hydrogen) atoms. The summed E-state index contributed by atoms with van der Waals surface area (Å²) in [6, 6.07) is 0.590. The van der Waals surface area contributed by atoms with Gasteiger partial charge in [-0.2, -0.15) is 0 Å². The van der Waals surface area contributed by atoms with Crippen LogP contribution in [0.15, 0.2) is 12.4 Å². The van der Waals surface area contributed by atoms with Crippen molar-refractivity contribution >= 4 is 0 Å². The van der Waals surface area contributed by atoms with Crippen molar-refractivity contribution in [1.82, 2.24) is 19.8 Å². The van der Waals surface area contributed by atoms with E-state index in [1.54, 1.807) is 0 Å². The molecule has 0 atom stereocenters. The Labute approximate surface area is 122 Å². The number of hydrogen-bond donors (Lipinski definition) is 1. The molecule has 0 bridgehead atoms. The molecule has 2 heterocycles. The van der Waals surface area contributed by atoms with E-state index >= 15 is 0 Å². The van der Waals surface area contributed by atoms with Gasteiger partial charge in [-0.25, -0.2) is 4.98 Å². The fraction of sp³-hybridized carbons (Fsp3) is 0.812. The fourth-order valence-corrected chi connectivity index (χ4v) is 3.77. The van der Waals surface area contributed by atoms with Crippen LogP contribution in [-0.2, 0) is 13.1 Å². The van der Waals surface area contributed by atoms with Crippen molar-refractivity contribution in [3.8, 4) is 0 Å². The van der Waals surface area contributed by atoms with E-state index in [0.29, 0.717) is 11.5 Å². The van der Waals surface area contributed by atoms with Crippen LogP contribution in [0, 0.1) is 5.41 Å². The van der Waals surface area contributed by atoms with Gasteiger partial charge < -0.3 is 9.88 Å². The topological polar surface area (TPSA) is 33.1 Å². The molecule has 0 saturated heterocycles. The summed E-state index contributed by atoms with van der Waals surface area (Å²) >= 11 is 0. The molecule has 1 N–H and O–H groups in total. The zero-order valence-electron chi connectivity index (χ0n) is 12.9. The minimum Gasteiger partial charge on any atom is -0.333 e. The smallest absolute Gasteiger partial charge is 0.122 e. The number of nitrogens with one attached hydrogen (secondary N) is 1. The molecule has 3 rings (SSSR count). The van der Waals surface area contributed by atoms with Gasteiger partial charge in [0.2, 0.25) is 0 Å². The van der Waals surface area contributed by atoms with Gasteiger partial charge >= 0.3 is 0 Å². The van der Waals surface area contributed by atoms with Crippen LogP contribution in [0.4, 0.5) is 0 Å². The Bertz CT molecular complexity index is 431. The first-order valence-corrected chi connectivity index (χ1v) is 8.13. The van der Waals surface area contributed by atoms with E-state index in [9.17, 15) is 0 Å². The highest BCUT2D eigenvalue weighted by Crippen LogP contribution is 2.39. The van der Waals surface area contributed by atoms with E-state index in [1.807, 2.05) is 6.20 Å². The van der Waals surface area contributed by atoms with Gasteiger partial charge in [-0.05, 0) is 18.3 Å². The molecule has 0 spiro atoms. The normalized spacial score (nSPS) is 22.4. The van der Waals surface area contributed by atoms with Crippen LogP contribution in [0.25, 0.3) is 0 Å². The van der Waals surface area contributed by atoms with E-state index in [2.05, 4.69) is 39.8 Å². The van der Waals surface area contributed by atoms with Crippen LogP contribution in [0.1, 0.15) is 45.4 Å². The molecule has 1 aromatic heterocycles. The average molecular weight is 276 g/mol. The molecular weight excluding hydrogens is 248 g/mol. The lowest BCUT2D eigenvalue weighted by Crippen LogP contribution is -2.46. The summed E-state index contributed by atoms with van der Waals surface area (Å²) in [5, 5.41) is 3.68. The quantitative estimate of drug-likeness (QED) is 0.895. The first-order valence-electron chi connectivity index (χ1n) is 8.13. The molecule has 112 valence electrons. The molecule has 0 radical (unpaired) electrons. The molecule has 0 amide bonds. The van der Waals surface area contributed by atoms with E-state index in [0.717, 1.165) is 13.1 Å². The second-order valence-corrected chi connectivity index (χ2v) is 6.99. The highest BCUT2D eigenvalue weighted by molar-refractivity contribution is 4.98. The van der Waals surface area contributed by atoms with Crippen LogP contribution in [0.2, 0.25) is 0 Å². The zero-order valence-corrected chi connectivity index (χ0v) is 12.9. The summed E-state index contributed by atoms with van der Waals surface area (Å²) in [5.74, 6) is 1.24. The second-order valence-electron chi connectivity index (χ2n) is 6.99. The molecule has 0 unspecified atom stereocenters. The van der Waals surface area contributed by atoms with Gasteiger partial charge in [0.05, 0.1) is 6.54 Å². The third-order valence-corrected chi connectivity index (χ3v) is 4.93. The van der Waals surface area contributed by atoms with E-state index < -0.39 is 0 Å². The van der Waals surface area contributed by atoms with Crippen molar-refractivity contribution in [1.29, 1.82) is 0 Å². The van der Waals surface area contributed by atoms with Gasteiger partial charge in [0.15, 0.2) is 0 Å². The minimum atomic E-state index is 0.499. The van der Waals surface area contributed by atoms with Crippen molar-refractivity contribution in [3.05, 3.63) is 18.2 Å². The van der Waals surface area contributed by atoms with Crippen molar-refractivity contribution in [3.63, 3.8) is 0 Å². The third-order valence-electron chi connectivity index (χ3n) is 4.93. The van der Waals surface area contributed by atoms with E-state index in [1.165, 1.54) is 51.1 Å². The van der Waals surface area contributed by atoms with Gasteiger partial charge in [-0.15, -0.1) is 0 Å². The molecule has 1 fully saturated rings. The molecule has 4 heteroatoms. The highest BCUT2D eigenvalue weighted by Gasteiger charge is 2.36. The Morgan fingerprint density at radius 3 is 2.85 bits per heavy atom. The fourth-order valence-electron chi connectivity index (χ4n) is 3.77. The predicted octanol–water partition coefficient (Wildman–Crippen LogP) is 2.26. The van der Waals surface area contributed by atoms with Crippen molar-refractivity contribution in [2.24, 2.45) is 5.41 Å². The molecule has 1 saturated carbocycles. The average Bonchev–Trinajstić information content (AvgIpc) is 3.05. The molecular formula is C16H28N4. The number of nitrogens with zero attached hydrogens (tertiary/aromatic N) is 3. The van der Waals surface area contributed by atoms with Crippen LogP contribution in [0.5, 0.6) is 0 Å². The molecule has 1 aliphatic carbocycles. The maximum absolute atomic E-state index is 4.48. The molecule has 0 aromatic carbocycles. The number of aromatic nitrogens is 2. The summed E-state index contributed by atoms with van der Waals surface area (Å²) in [4.78, 5) is 7.10. The maximum Gasteiger partial charge on any atom is 0.122 e. The molecule has 1 aromatic rings. The van der Waals surface area contributed by atoms with Gasteiger partial charge in [0, 0.05) is 44.6 Å². The SMILES string of the molecule is CC(C)NCC1(CN2CCn3ccnc3C2)CCCC1. The lowest BCUT2D eigenvalue weighted by atomic mass is 9.85. The van der Waals surface area contributed by atoms with E-state index in [-0.39, 0.29) is 0 Å². The number of rotatable bonds is 5. The van der Waals surface area contributed by atoms with Crippen molar-refractivity contribution < 1.29 is 0 Å². The van der Waals surface area contributed by atoms with Crippen LogP contribution < -0.4 is 5.32 Å². The van der Waals surface area contributed by atoms with E-state index in [4.69, 9.17) is 0 Å². The largest absolute Gasteiger partial charge is 0.333 e. The van der Waals surface area contributed by atoms with Gasteiger partial charge in [0.25, 0.3) is 0 Å². The maximum atomic E-state index is 4.48. The summed E-state index contributed by atoms with van der Waals surface area (Å²) in [7, 11) is 0. The standard InChI is InChI=1S/C16H28N4/c1-14(2)18-12-16(5-3-4-6-16)13-19-9-10-20-8-7-17-15(20)11-19/h7-8,14,18H,3-6,9-13H2,1-2H3. The lowest BCUT2D eigenvalue weighted by molar-refractivity contribution is 0.120. The first-order chi connectivity index (χ1) is 9.67. The second kappa shape index (κ2) is 5.86. The number of hydrogen-bond acceptors (Lipinski definition) is 3. The Kier molecular flexibility index (Phi) is 4.13. The van der Waals surface area contributed by atoms with Crippen molar-refractivity contribution in [2.75, 3.05) is 19.6 Å². The third kappa shape index (κ3) is 3.07. The van der Waals surface area contributed by atoms with Gasteiger partial charge in [-0.3, -0.25) is 4.90 Å². The van der Waals surface area contributed by atoms with Crippen LogP contribution >= 0.6 is 0 Å². The monoisotopic (exact) mass is 276 g/mol. The number of imidazole rings is 1. The Morgan fingerprint density at radius 1 is 1.30 bits per heavy atom. The Morgan fingerprint density at radius 2 is 2.10 bits per heavy atom. The number of fused-ring (bicyclic) bond motifs is 1. The van der Waals surface area contributed by atoms with Crippen LogP contribution in [0.3, 0.4) is 0 Å². The molecule has 4 nitrogen and oxygen atoms in total. The van der Waals surface area contributed by atoms with Gasteiger partial charge in [-0.1, -0.05) is 26.7 Å². The zero-order chi connectivity index (χ0) is 14.0. The summed E-state index contributed by atoms with van der Waals surface area (Å²) in [5.41, 5.74) is 0.499. The summed E-state index contributed by atoms with van der Waals surface area (Å²) in [6.45, 7) is 10.2. The highest BCUT2D eigenvalue weighted by atomic mass is 15.2. The Hall–Kier alpha value is -0.870. The van der Waals surface area contributed by atoms with Gasteiger partial charge in [0.1, 0.15) is 5.82 Å².